The Bertz CT molecular complexity index is 705. The van der Waals surface area contributed by atoms with E-state index in [1.807, 2.05) is 30.3 Å². The average molecular weight is 433 g/mol. The molecule has 0 spiro atoms. The molecule has 0 saturated heterocycles. The minimum atomic E-state index is -4.09. The van der Waals surface area contributed by atoms with E-state index in [9.17, 15) is 13.0 Å². The molecule has 0 radical (unpaired) electrons. The van der Waals surface area contributed by atoms with Crippen LogP contribution in [-0.4, -0.2) is 32.7 Å². The molecule has 1 fully saturated rings. The van der Waals surface area contributed by atoms with Crippen molar-refractivity contribution in [2.45, 2.75) is 76.3 Å². The van der Waals surface area contributed by atoms with E-state index in [0.717, 1.165) is 24.8 Å². The summed E-state index contributed by atoms with van der Waals surface area (Å²) in [5, 5.41) is 0. The smallest absolute Gasteiger partial charge is 0.308 e. The largest absolute Gasteiger partial charge is 0.351 e. The van der Waals surface area contributed by atoms with Crippen LogP contribution in [0.4, 0.5) is 0 Å². The highest BCUT2D eigenvalue weighted by molar-refractivity contribution is 7.94. The van der Waals surface area contributed by atoms with Gasteiger partial charge in [-0.1, -0.05) is 49.6 Å². The molecule has 1 saturated carbocycles. The van der Waals surface area contributed by atoms with E-state index in [0.29, 0.717) is 25.7 Å². The lowest BCUT2D eigenvalue weighted by atomic mass is 9.98. The van der Waals surface area contributed by atoms with E-state index < -0.39 is 22.7 Å². The zero-order valence-corrected chi connectivity index (χ0v) is 18.6. The minimum Gasteiger partial charge on any atom is -0.308 e. The number of hydrogen-bond donors (Lipinski definition) is 0. The second-order valence-electron chi connectivity index (χ2n) is 7.06. The predicted molar refractivity (Wildman–Crippen MR) is 111 cm³/mol. The van der Waals surface area contributed by atoms with Gasteiger partial charge < -0.3 is 9.05 Å². The molecule has 28 heavy (non-hydrogen) atoms. The van der Waals surface area contributed by atoms with Crippen molar-refractivity contribution in [1.29, 1.82) is 0 Å². The van der Waals surface area contributed by atoms with Crippen molar-refractivity contribution in [1.82, 2.24) is 0 Å². The molecule has 1 unspecified atom stereocenters. The molecule has 0 heterocycles. The van der Waals surface area contributed by atoms with Crippen LogP contribution < -0.4 is 0 Å². The minimum absolute atomic E-state index is 0.116. The molecular formula is C20H33O6PS. The molecular weight excluding hydrogens is 399 g/mol. The maximum atomic E-state index is 13.3. The molecule has 160 valence electrons. The SMILES string of the molecule is CCOP(=O)(OCC)C(CCCc1ccccc1)S(=O)(=O)OC1CCCCC1. The van der Waals surface area contributed by atoms with Gasteiger partial charge in [-0.25, -0.2) is 0 Å². The molecule has 1 aromatic rings. The van der Waals surface area contributed by atoms with Crippen LogP contribution in [0.1, 0.15) is 64.4 Å². The van der Waals surface area contributed by atoms with E-state index in [4.69, 9.17) is 13.2 Å². The van der Waals surface area contributed by atoms with Crippen molar-refractivity contribution < 1.29 is 26.2 Å². The summed E-state index contributed by atoms with van der Waals surface area (Å²) in [5.41, 5.74) is 1.11. The van der Waals surface area contributed by atoms with E-state index >= 15 is 0 Å². The average Bonchev–Trinajstić information content (AvgIpc) is 2.66. The molecule has 1 aromatic carbocycles. The van der Waals surface area contributed by atoms with Crippen molar-refractivity contribution in [3.8, 4) is 0 Å². The quantitative estimate of drug-likeness (QED) is 0.330. The van der Waals surface area contributed by atoms with Crippen LogP contribution in [-0.2, 0) is 34.3 Å². The molecule has 6 nitrogen and oxygen atoms in total. The second kappa shape index (κ2) is 11.5. The standard InChI is InChI=1S/C20H33O6PS/c1-3-24-27(21,25-4-2)20(17-11-14-18-12-7-5-8-13-18)28(22,23)26-19-15-9-6-10-16-19/h5,7-8,12-13,19-20H,3-4,6,9-11,14-17H2,1-2H3. The van der Waals surface area contributed by atoms with E-state index in [2.05, 4.69) is 0 Å². The third-order valence-corrected chi connectivity index (χ3v) is 10.1. The maximum absolute atomic E-state index is 13.3. The highest BCUT2D eigenvalue weighted by Crippen LogP contribution is 2.57. The first-order valence-electron chi connectivity index (χ1n) is 10.3. The lowest BCUT2D eigenvalue weighted by Gasteiger charge is -2.28. The fourth-order valence-electron chi connectivity index (χ4n) is 3.56. The van der Waals surface area contributed by atoms with Crippen LogP contribution >= 0.6 is 7.60 Å². The molecule has 0 aliphatic heterocycles. The van der Waals surface area contributed by atoms with E-state index in [1.54, 1.807) is 13.8 Å². The van der Waals surface area contributed by atoms with Gasteiger partial charge in [0.2, 0.25) is 0 Å². The summed E-state index contributed by atoms with van der Waals surface area (Å²) in [7, 11) is -7.94. The van der Waals surface area contributed by atoms with Gasteiger partial charge in [0.1, 0.15) is 0 Å². The molecule has 8 heteroatoms. The topological polar surface area (TPSA) is 78.9 Å². The lowest BCUT2D eigenvalue weighted by Crippen LogP contribution is -2.31. The van der Waals surface area contributed by atoms with Crippen LogP contribution in [0.2, 0.25) is 0 Å². The number of aryl methyl sites for hydroxylation is 1. The molecule has 1 aliphatic carbocycles. The Morgan fingerprint density at radius 1 is 1.04 bits per heavy atom. The van der Waals surface area contributed by atoms with Crippen molar-refractivity contribution in [3.63, 3.8) is 0 Å². The molecule has 0 N–H and O–H groups in total. The molecule has 0 bridgehead atoms. The van der Waals surface area contributed by atoms with Gasteiger partial charge >= 0.3 is 7.60 Å². The highest BCUT2D eigenvalue weighted by atomic mass is 32.2. The molecule has 1 aliphatic rings. The maximum Gasteiger partial charge on any atom is 0.351 e. The Morgan fingerprint density at radius 3 is 2.21 bits per heavy atom. The highest BCUT2D eigenvalue weighted by Gasteiger charge is 2.46. The van der Waals surface area contributed by atoms with Gasteiger partial charge in [-0.2, -0.15) is 8.42 Å². The van der Waals surface area contributed by atoms with E-state index in [1.165, 1.54) is 0 Å². The van der Waals surface area contributed by atoms with Gasteiger partial charge in [-0.3, -0.25) is 8.75 Å². The fourth-order valence-corrected chi connectivity index (χ4v) is 8.12. The lowest BCUT2D eigenvalue weighted by molar-refractivity contribution is 0.158. The first-order valence-corrected chi connectivity index (χ1v) is 13.3. The second-order valence-corrected chi connectivity index (χ2v) is 11.4. The number of benzene rings is 1. The van der Waals surface area contributed by atoms with Crippen molar-refractivity contribution in [2.75, 3.05) is 13.2 Å². The molecule has 0 amide bonds. The zero-order chi connectivity index (χ0) is 20.5. The van der Waals surface area contributed by atoms with Crippen LogP contribution in [0.25, 0.3) is 0 Å². The van der Waals surface area contributed by atoms with Gasteiger partial charge in [0, 0.05) is 0 Å². The van der Waals surface area contributed by atoms with Crippen LogP contribution in [0, 0.1) is 0 Å². The third-order valence-electron chi connectivity index (χ3n) is 4.89. The predicted octanol–water partition coefficient (Wildman–Crippen LogP) is 5.28. The monoisotopic (exact) mass is 432 g/mol. The van der Waals surface area contributed by atoms with Gasteiger partial charge in [0.25, 0.3) is 10.1 Å². The Kier molecular flexibility index (Phi) is 9.64. The Morgan fingerprint density at radius 2 is 1.64 bits per heavy atom. The van der Waals surface area contributed by atoms with Crippen molar-refractivity contribution in [2.24, 2.45) is 0 Å². The summed E-state index contributed by atoms with van der Waals surface area (Å²) in [4.78, 5) is -1.30. The molecule has 1 atom stereocenters. The Labute approximate surface area is 169 Å². The number of hydrogen-bond acceptors (Lipinski definition) is 6. The van der Waals surface area contributed by atoms with Crippen LogP contribution in [0.5, 0.6) is 0 Å². The molecule has 2 rings (SSSR count). The number of rotatable bonds is 12. The third kappa shape index (κ3) is 6.96. The van der Waals surface area contributed by atoms with Gasteiger partial charge in [0.15, 0.2) is 4.99 Å². The summed E-state index contributed by atoms with van der Waals surface area (Å²) >= 11 is 0. The summed E-state index contributed by atoms with van der Waals surface area (Å²) in [5.74, 6) is 0. The van der Waals surface area contributed by atoms with Gasteiger partial charge in [0.05, 0.1) is 19.3 Å². The summed E-state index contributed by atoms with van der Waals surface area (Å²) in [6.07, 6.45) is 5.49. The van der Waals surface area contributed by atoms with Crippen LogP contribution in [0.3, 0.4) is 0 Å². The van der Waals surface area contributed by atoms with Crippen molar-refractivity contribution in [3.05, 3.63) is 35.9 Å². The summed E-state index contributed by atoms with van der Waals surface area (Å²) in [6, 6.07) is 9.81. The first-order chi connectivity index (χ1) is 13.4. The first kappa shape index (κ1) is 23.6. The zero-order valence-electron chi connectivity index (χ0n) is 16.9. The fraction of sp³-hybridized carbons (Fsp3) is 0.700. The summed E-state index contributed by atoms with van der Waals surface area (Å²) in [6.45, 7) is 3.60. The molecule has 0 aromatic heterocycles. The normalized spacial score (nSPS) is 17.5. The van der Waals surface area contributed by atoms with Crippen LogP contribution in [0.15, 0.2) is 30.3 Å². The van der Waals surface area contributed by atoms with E-state index in [-0.39, 0.29) is 25.7 Å². The summed E-state index contributed by atoms with van der Waals surface area (Å²) < 4.78 is 55.8. The Hall–Kier alpha value is -0.720. The van der Waals surface area contributed by atoms with Gasteiger partial charge in [-0.05, 0) is 51.5 Å². The van der Waals surface area contributed by atoms with Crippen molar-refractivity contribution >= 4 is 17.7 Å². The Balaban J connectivity index is 2.16. The van der Waals surface area contributed by atoms with Gasteiger partial charge in [-0.15, -0.1) is 0 Å².